The number of piperazine rings is 1. The first-order valence-electron chi connectivity index (χ1n) is 7.78. The summed E-state index contributed by atoms with van der Waals surface area (Å²) in [4.78, 5) is 9.32. The molecule has 0 radical (unpaired) electrons. The molecule has 2 heterocycles. The van der Waals surface area contributed by atoms with Crippen LogP contribution in [0.4, 0.5) is 11.8 Å². The van der Waals surface area contributed by atoms with Gasteiger partial charge in [0.1, 0.15) is 0 Å². The number of aromatic nitrogens is 3. The molecule has 2 aliphatic rings. The van der Waals surface area contributed by atoms with Gasteiger partial charge in [0.25, 0.3) is 0 Å². The van der Waals surface area contributed by atoms with Crippen LogP contribution in [-0.4, -0.2) is 58.8 Å². The van der Waals surface area contributed by atoms with Crippen LogP contribution in [0, 0.1) is 0 Å². The van der Waals surface area contributed by atoms with Gasteiger partial charge in [0.05, 0.1) is 6.20 Å². The topological polar surface area (TPSA) is 57.2 Å². The second-order valence-corrected chi connectivity index (χ2v) is 5.69. The molecule has 3 rings (SSSR count). The summed E-state index contributed by atoms with van der Waals surface area (Å²) in [5.74, 6) is 1.64. The Bertz CT molecular complexity index is 423. The number of rotatable bonds is 4. The van der Waals surface area contributed by atoms with Crippen LogP contribution >= 0.6 is 0 Å². The van der Waals surface area contributed by atoms with Gasteiger partial charge in [-0.3, -0.25) is 0 Å². The molecule has 1 aliphatic heterocycles. The minimum Gasteiger partial charge on any atom is -0.366 e. The van der Waals surface area contributed by atoms with E-state index in [0.29, 0.717) is 6.04 Å². The van der Waals surface area contributed by atoms with Gasteiger partial charge in [0, 0.05) is 32.2 Å². The summed E-state index contributed by atoms with van der Waals surface area (Å²) in [6.07, 6.45) is 6.87. The summed E-state index contributed by atoms with van der Waals surface area (Å²) in [5.41, 5.74) is 0. The molecule has 0 spiro atoms. The highest BCUT2D eigenvalue weighted by Crippen LogP contribution is 2.21. The average molecular weight is 276 g/mol. The fourth-order valence-electron chi connectivity index (χ4n) is 3.04. The quantitative estimate of drug-likeness (QED) is 0.896. The van der Waals surface area contributed by atoms with Crippen molar-refractivity contribution in [3.63, 3.8) is 0 Å². The summed E-state index contributed by atoms with van der Waals surface area (Å²) in [6, 6.07) is 0.566. The molecule has 20 heavy (non-hydrogen) atoms. The lowest BCUT2D eigenvalue weighted by atomic mass is 10.2. The molecule has 1 aromatic heterocycles. The Labute approximate surface area is 120 Å². The first kappa shape index (κ1) is 13.5. The van der Waals surface area contributed by atoms with Crippen LogP contribution in [0.3, 0.4) is 0 Å². The molecule has 0 amide bonds. The second kappa shape index (κ2) is 6.35. The Morgan fingerprint density at radius 2 is 1.95 bits per heavy atom. The second-order valence-electron chi connectivity index (χ2n) is 5.69. The Kier molecular flexibility index (Phi) is 4.30. The first-order valence-corrected chi connectivity index (χ1v) is 7.78. The van der Waals surface area contributed by atoms with E-state index in [1.165, 1.54) is 25.7 Å². The third-order valence-electron chi connectivity index (χ3n) is 4.36. The largest absolute Gasteiger partial charge is 0.366 e. The molecule has 0 atom stereocenters. The van der Waals surface area contributed by atoms with E-state index in [1.807, 2.05) is 0 Å². The van der Waals surface area contributed by atoms with Crippen molar-refractivity contribution in [3.8, 4) is 0 Å². The maximum Gasteiger partial charge on any atom is 0.247 e. The first-order chi connectivity index (χ1) is 9.85. The zero-order valence-corrected chi connectivity index (χ0v) is 12.3. The number of nitrogens with zero attached hydrogens (tertiary/aromatic N) is 5. The van der Waals surface area contributed by atoms with Crippen molar-refractivity contribution in [3.05, 3.63) is 6.20 Å². The average Bonchev–Trinajstić information content (AvgIpc) is 3.01. The fourth-order valence-corrected chi connectivity index (χ4v) is 3.04. The van der Waals surface area contributed by atoms with E-state index in [2.05, 4.69) is 37.2 Å². The maximum absolute atomic E-state index is 4.63. The van der Waals surface area contributed by atoms with E-state index in [4.69, 9.17) is 0 Å². The summed E-state index contributed by atoms with van der Waals surface area (Å²) >= 11 is 0. The highest BCUT2D eigenvalue weighted by molar-refractivity contribution is 5.40. The molecule has 110 valence electrons. The normalized spacial score (nSPS) is 21.4. The van der Waals surface area contributed by atoms with Gasteiger partial charge < -0.3 is 15.1 Å². The highest BCUT2D eigenvalue weighted by atomic mass is 15.4. The van der Waals surface area contributed by atoms with E-state index in [0.717, 1.165) is 44.5 Å². The molecule has 2 fully saturated rings. The zero-order valence-electron chi connectivity index (χ0n) is 12.3. The van der Waals surface area contributed by atoms with E-state index >= 15 is 0 Å². The fraction of sp³-hybridized carbons (Fsp3) is 0.786. The van der Waals surface area contributed by atoms with Gasteiger partial charge in [-0.05, 0) is 19.4 Å². The third kappa shape index (κ3) is 3.17. The van der Waals surface area contributed by atoms with Gasteiger partial charge >= 0.3 is 0 Å². The van der Waals surface area contributed by atoms with Crippen molar-refractivity contribution < 1.29 is 0 Å². The van der Waals surface area contributed by atoms with Crippen molar-refractivity contribution in [2.45, 2.75) is 38.6 Å². The van der Waals surface area contributed by atoms with Crippen molar-refractivity contribution in [2.75, 3.05) is 42.9 Å². The molecule has 6 heteroatoms. The molecule has 1 N–H and O–H groups in total. The molecular weight excluding hydrogens is 252 g/mol. The molecule has 0 bridgehead atoms. The lowest BCUT2D eigenvalue weighted by Crippen LogP contribution is -2.46. The van der Waals surface area contributed by atoms with Gasteiger partial charge in [-0.1, -0.05) is 19.8 Å². The molecule has 1 saturated carbocycles. The number of hydrogen-bond donors (Lipinski definition) is 1. The molecule has 1 saturated heterocycles. The van der Waals surface area contributed by atoms with E-state index in [-0.39, 0.29) is 0 Å². The Balaban J connectivity index is 1.62. The summed E-state index contributed by atoms with van der Waals surface area (Å²) in [5, 5.41) is 11.8. The van der Waals surface area contributed by atoms with Gasteiger partial charge in [-0.15, -0.1) is 5.10 Å². The summed E-state index contributed by atoms with van der Waals surface area (Å²) in [7, 11) is 0. The molecule has 0 aromatic carbocycles. The van der Waals surface area contributed by atoms with Gasteiger partial charge in [-0.2, -0.15) is 10.1 Å². The Hall–Kier alpha value is -1.43. The molecular formula is C14H24N6. The van der Waals surface area contributed by atoms with E-state index in [9.17, 15) is 0 Å². The number of anilines is 2. The lowest BCUT2D eigenvalue weighted by molar-refractivity contribution is 0.269. The smallest absolute Gasteiger partial charge is 0.247 e. The highest BCUT2D eigenvalue weighted by Gasteiger charge is 2.19. The minimum atomic E-state index is 0.566. The minimum absolute atomic E-state index is 0.566. The van der Waals surface area contributed by atoms with Crippen LogP contribution in [-0.2, 0) is 0 Å². The van der Waals surface area contributed by atoms with Crippen LogP contribution in [0.15, 0.2) is 6.20 Å². The summed E-state index contributed by atoms with van der Waals surface area (Å²) < 4.78 is 0. The van der Waals surface area contributed by atoms with Crippen molar-refractivity contribution in [1.82, 2.24) is 20.1 Å². The predicted molar refractivity (Wildman–Crippen MR) is 80.0 cm³/mol. The van der Waals surface area contributed by atoms with E-state index in [1.54, 1.807) is 6.20 Å². The maximum atomic E-state index is 4.63. The summed E-state index contributed by atoms with van der Waals surface area (Å²) in [6.45, 7) is 7.47. The zero-order chi connectivity index (χ0) is 13.8. The van der Waals surface area contributed by atoms with Crippen LogP contribution in [0.5, 0.6) is 0 Å². The Morgan fingerprint density at radius 1 is 1.20 bits per heavy atom. The van der Waals surface area contributed by atoms with Crippen molar-refractivity contribution in [2.24, 2.45) is 0 Å². The van der Waals surface area contributed by atoms with Crippen LogP contribution in [0.25, 0.3) is 0 Å². The van der Waals surface area contributed by atoms with Gasteiger partial charge in [0.15, 0.2) is 5.82 Å². The van der Waals surface area contributed by atoms with E-state index < -0.39 is 0 Å². The molecule has 1 aromatic rings. The number of hydrogen-bond acceptors (Lipinski definition) is 6. The molecule has 0 unspecified atom stereocenters. The molecule has 6 nitrogen and oxygen atoms in total. The predicted octanol–water partition coefficient (Wildman–Crippen LogP) is 1.37. The van der Waals surface area contributed by atoms with Gasteiger partial charge in [-0.25, -0.2) is 0 Å². The van der Waals surface area contributed by atoms with Crippen molar-refractivity contribution in [1.29, 1.82) is 0 Å². The third-order valence-corrected chi connectivity index (χ3v) is 4.36. The lowest BCUT2D eigenvalue weighted by Gasteiger charge is -2.33. The standard InChI is InChI=1S/C14H24N6/c1-2-19-7-9-20(10-8-19)14-17-13(11-15-18-14)16-12-5-3-4-6-12/h11-12H,2-10H2,1H3,(H,16,17,18). The number of likely N-dealkylation sites (N-methyl/N-ethyl adjacent to an activating group) is 1. The van der Waals surface area contributed by atoms with Gasteiger partial charge in [0.2, 0.25) is 5.95 Å². The van der Waals surface area contributed by atoms with Crippen LogP contribution in [0.2, 0.25) is 0 Å². The molecule has 1 aliphatic carbocycles. The van der Waals surface area contributed by atoms with Crippen LogP contribution < -0.4 is 10.2 Å². The van der Waals surface area contributed by atoms with Crippen LogP contribution in [0.1, 0.15) is 32.6 Å². The monoisotopic (exact) mass is 276 g/mol. The Morgan fingerprint density at radius 3 is 2.65 bits per heavy atom. The SMILES string of the molecule is CCN1CCN(c2nncc(NC3CCCC3)n2)CC1. The van der Waals surface area contributed by atoms with Crippen molar-refractivity contribution >= 4 is 11.8 Å². The number of nitrogens with one attached hydrogen (secondary N) is 1.